The normalized spacial score (nSPS) is 15.3. The number of hydrogen-bond donors (Lipinski definition) is 2. The molecule has 118 valence electrons. The van der Waals surface area contributed by atoms with Crippen molar-refractivity contribution in [3.05, 3.63) is 0 Å². The zero-order valence-corrected chi connectivity index (χ0v) is 15.3. The van der Waals surface area contributed by atoms with Crippen molar-refractivity contribution in [2.75, 3.05) is 0 Å². The van der Waals surface area contributed by atoms with Gasteiger partial charge >= 0.3 is 12.1 Å². The zero-order valence-electron chi connectivity index (χ0n) is 13.1. The van der Waals surface area contributed by atoms with Crippen LogP contribution in [0, 0.1) is 5.41 Å². The number of carbonyl (C=O) groups excluding carboxylic acids is 1. The number of alkyl carbamates (subject to hydrolysis) is 1. The number of aliphatic carboxylic acids is 1. The molecular weight excluding hydrogens is 373 g/mol. The van der Waals surface area contributed by atoms with Gasteiger partial charge in [0.05, 0.1) is 0 Å². The topological polar surface area (TPSA) is 75.6 Å². The van der Waals surface area contributed by atoms with Gasteiger partial charge in [-0.05, 0) is 32.6 Å². The summed E-state index contributed by atoms with van der Waals surface area (Å²) in [4.78, 5) is 22.6. The Morgan fingerprint density at radius 2 is 1.70 bits per heavy atom. The van der Waals surface area contributed by atoms with Crippen LogP contribution in [0.2, 0.25) is 0 Å². The second kappa shape index (κ2) is 7.47. The maximum atomic E-state index is 11.9. The van der Waals surface area contributed by atoms with Gasteiger partial charge in [0.2, 0.25) is 0 Å². The number of hydrogen-bond acceptors (Lipinski definition) is 3. The molecule has 0 aliphatic heterocycles. The third-order valence-corrected chi connectivity index (χ3v) is 5.29. The highest BCUT2D eigenvalue weighted by Crippen LogP contribution is 2.31. The summed E-state index contributed by atoms with van der Waals surface area (Å²) in [7, 11) is 0. The Bertz CT molecular complexity index is 344. The molecule has 1 unspecified atom stereocenters. The van der Waals surface area contributed by atoms with Crippen LogP contribution in [-0.4, -0.2) is 32.7 Å². The molecule has 5 nitrogen and oxygen atoms in total. The molecule has 0 aromatic heterocycles. The van der Waals surface area contributed by atoms with Crippen LogP contribution in [0.3, 0.4) is 0 Å². The highest BCUT2D eigenvalue weighted by Gasteiger charge is 2.32. The Morgan fingerprint density at radius 1 is 1.20 bits per heavy atom. The summed E-state index contributed by atoms with van der Waals surface area (Å²) in [6.07, 6.45) is -0.0889. The lowest BCUT2D eigenvalue weighted by atomic mass is 9.86. The Labute approximate surface area is 135 Å². The highest BCUT2D eigenvalue weighted by molar-refractivity contribution is 14.1. The zero-order chi connectivity index (χ0) is 16.1. The summed E-state index contributed by atoms with van der Waals surface area (Å²) >= 11 is 2.26. The quantitative estimate of drug-likeness (QED) is 0.547. The molecule has 1 amide bonds. The molecule has 0 fully saturated rings. The summed E-state index contributed by atoms with van der Waals surface area (Å²) in [5.41, 5.74) is -0.608. The second-order valence-electron chi connectivity index (χ2n) is 6.95. The van der Waals surface area contributed by atoms with Gasteiger partial charge in [0, 0.05) is 16.4 Å². The van der Waals surface area contributed by atoms with Gasteiger partial charge in [0.1, 0.15) is 5.60 Å². The van der Waals surface area contributed by atoms with Crippen molar-refractivity contribution in [3.8, 4) is 0 Å². The van der Waals surface area contributed by atoms with Crippen LogP contribution in [-0.2, 0) is 9.53 Å². The number of rotatable bonds is 5. The van der Waals surface area contributed by atoms with E-state index in [0.29, 0.717) is 6.42 Å². The van der Waals surface area contributed by atoms with Crippen molar-refractivity contribution < 1.29 is 19.4 Å². The summed E-state index contributed by atoms with van der Waals surface area (Å²) in [5.74, 6) is -0.863. The third kappa shape index (κ3) is 8.60. The minimum atomic E-state index is -0.863. The number of amides is 1. The highest BCUT2D eigenvalue weighted by atomic mass is 127. The summed E-state index contributed by atoms with van der Waals surface area (Å²) in [6.45, 7) is 11.6. The van der Waals surface area contributed by atoms with E-state index in [1.54, 1.807) is 20.8 Å². The fraction of sp³-hybridized carbons (Fsp3) is 0.857. The van der Waals surface area contributed by atoms with Gasteiger partial charge in [0.15, 0.2) is 0 Å². The van der Waals surface area contributed by atoms with Crippen LogP contribution in [0.1, 0.15) is 54.4 Å². The van der Waals surface area contributed by atoms with Gasteiger partial charge in [-0.3, -0.25) is 4.79 Å². The van der Waals surface area contributed by atoms with Gasteiger partial charge in [0.25, 0.3) is 0 Å². The first kappa shape index (κ1) is 19.5. The van der Waals surface area contributed by atoms with E-state index in [4.69, 9.17) is 9.84 Å². The van der Waals surface area contributed by atoms with E-state index in [0.717, 1.165) is 0 Å². The van der Waals surface area contributed by atoms with E-state index in [1.807, 2.05) is 0 Å². The first-order chi connectivity index (χ1) is 8.83. The van der Waals surface area contributed by atoms with Crippen molar-refractivity contribution in [2.45, 2.75) is 70.0 Å². The van der Waals surface area contributed by atoms with Crippen LogP contribution >= 0.6 is 22.6 Å². The molecule has 20 heavy (non-hydrogen) atoms. The van der Waals surface area contributed by atoms with Crippen LogP contribution < -0.4 is 5.32 Å². The number of nitrogens with one attached hydrogen (secondary N) is 1. The summed E-state index contributed by atoms with van der Waals surface area (Å²) in [6, 6.07) is -0.235. The van der Waals surface area contributed by atoms with E-state index in [1.165, 1.54) is 0 Å². The molecule has 6 heteroatoms. The number of carbonyl (C=O) groups is 2. The van der Waals surface area contributed by atoms with E-state index in [9.17, 15) is 9.59 Å². The van der Waals surface area contributed by atoms with Crippen molar-refractivity contribution in [3.63, 3.8) is 0 Å². The SMILES string of the molecule is CC(C)(C)OC(=O)N[C@H](CCC(=O)O)C(I)C(C)(C)C. The maximum absolute atomic E-state index is 11.9. The standard InChI is InChI=1S/C14H26INO4/c1-13(2,3)11(15)9(7-8-10(17)18)16-12(19)20-14(4,5)6/h9,11H,7-8H2,1-6H3,(H,16,19)(H,17,18)/t9-,11?/m1/s1. The maximum Gasteiger partial charge on any atom is 0.407 e. The number of halogens is 1. The number of carboxylic acid groups (broad SMARTS) is 1. The van der Waals surface area contributed by atoms with Crippen molar-refractivity contribution in [2.24, 2.45) is 5.41 Å². The lowest BCUT2D eigenvalue weighted by molar-refractivity contribution is -0.137. The van der Waals surface area contributed by atoms with Crippen LogP contribution in [0.4, 0.5) is 4.79 Å². The molecule has 0 saturated carbocycles. The third-order valence-electron chi connectivity index (χ3n) is 2.55. The monoisotopic (exact) mass is 399 g/mol. The van der Waals surface area contributed by atoms with E-state index in [-0.39, 0.29) is 21.8 Å². The average Bonchev–Trinajstić information content (AvgIpc) is 2.18. The van der Waals surface area contributed by atoms with Crippen LogP contribution in [0.15, 0.2) is 0 Å². The predicted octanol–water partition coefficient (Wildman–Crippen LogP) is 3.59. The number of ether oxygens (including phenoxy) is 1. The lowest BCUT2D eigenvalue weighted by Crippen LogP contribution is -2.47. The summed E-state index contributed by atoms with van der Waals surface area (Å²) < 4.78 is 5.34. The van der Waals surface area contributed by atoms with Crippen LogP contribution in [0.25, 0.3) is 0 Å². The molecule has 0 aromatic rings. The average molecular weight is 399 g/mol. The predicted molar refractivity (Wildman–Crippen MR) is 87.3 cm³/mol. The van der Waals surface area contributed by atoms with Crippen molar-refractivity contribution in [1.29, 1.82) is 0 Å². The van der Waals surface area contributed by atoms with Gasteiger partial charge in [-0.1, -0.05) is 43.4 Å². The van der Waals surface area contributed by atoms with E-state index in [2.05, 4.69) is 48.7 Å². The van der Waals surface area contributed by atoms with E-state index >= 15 is 0 Å². The molecule has 0 aromatic carbocycles. The largest absolute Gasteiger partial charge is 0.481 e. The molecule has 0 rings (SSSR count). The first-order valence-corrected chi connectivity index (χ1v) is 7.93. The smallest absolute Gasteiger partial charge is 0.407 e. The molecule has 2 atom stereocenters. The Balaban J connectivity index is 4.77. The number of alkyl halides is 1. The Morgan fingerprint density at radius 3 is 2.05 bits per heavy atom. The fourth-order valence-electron chi connectivity index (χ4n) is 1.63. The molecule has 0 heterocycles. The van der Waals surface area contributed by atoms with Crippen molar-refractivity contribution >= 4 is 34.7 Å². The summed E-state index contributed by atoms with van der Waals surface area (Å²) in [5, 5.41) is 11.6. The minimum absolute atomic E-state index is 0.0239. The molecule has 0 saturated heterocycles. The molecule has 0 bridgehead atoms. The molecule has 0 aliphatic rings. The Hall–Kier alpha value is -0.530. The van der Waals surface area contributed by atoms with E-state index < -0.39 is 17.7 Å². The van der Waals surface area contributed by atoms with Gasteiger partial charge < -0.3 is 15.2 Å². The molecule has 0 radical (unpaired) electrons. The number of carboxylic acids is 1. The molecule has 2 N–H and O–H groups in total. The van der Waals surface area contributed by atoms with Crippen LogP contribution in [0.5, 0.6) is 0 Å². The first-order valence-electron chi connectivity index (χ1n) is 6.68. The van der Waals surface area contributed by atoms with Gasteiger partial charge in [-0.2, -0.15) is 0 Å². The second-order valence-corrected chi connectivity index (χ2v) is 8.29. The van der Waals surface area contributed by atoms with Gasteiger partial charge in [-0.15, -0.1) is 0 Å². The fourth-order valence-corrected chi connectivity index (χ4v) is 2.17. The molecule has 0 aliphatic carbocycles. The molecule has 0 spiro atoms. The van der Waals surface area contributed by atoms with Crippen molar-refractivity contribution in [1.82, 2.24) is 5.32 Å². The Kier molecular flexibility index (Phi) is 7.27. The lowest BCUT2D eigenvalue weighted by Gasteiger charge is -2.33. The van der Waals surface area contributed by atoms with Gasteiger partial charge in [-0.25, -0.2) is 4.79 Å². The minimum Gasteiger partial charge on any atom is -0.481 e. The molecular formula is C14H26INO4.